The molecule has 0 radical (unpaired) electrons. The summed E-state index contributed by atoms with van der Waals surface area (Å²) in [6.45, 7) is 5.94. The van der Waals surface area contributed by atoms with E-state index in [4.69, 9.17) is 21.1 Å². The summed E-state index contributed by atoms with van der Waals surface area (Å²) in [5.74, 6) is -0.905. The molecule has 1 unspecified atom stereocenters. The zero-order valence-electron chi connectivity index (χ0n) is 15.9. The van der Waals surface area contributed by atoms with Crippen LogP contribution in [0, 0.1) is 12.8 Å². The van der Waals surface area contributed by atoms with Crippen LogP contribution in [-0.2, 0) is 4.79 Å². The fraction of sp³-hybridized carbons (Fsp3) is 0.333. The first-order valence-electron chi connectivity index (χ1n) is 8.75. The van der Waals surface area contributed by atoms with E-state index in [0.717, 1.165) is 11.1 Å². The lowest BCUT2D eigenvalue weighted by atomic mass is 10.1. The van der Waals surface area contributed by atoms with E-state index in [2.05, 4.69) is 5.32 Å². The molecule has 6 heteroatoms. The Kier molecular flexibility index (Phi) is 7.39. The van der Waals surface area contributed by atoms with E-state index in [1.165, 1.54) is 0 Å². The highest BCUT2D eigenvalue weighted by molar-refractivity contribution is 6.21. The average molecular weight is 390 g/mol. The fourth-order valence-corrected chi connectivity index (χ4v) is 2.55. The molecule has 1 atom stereocenters. The molecule has 1 N–H and O–H groups in total. The summed E-state index contributed by atoms with van der Waals surface area (Å²) >= 11 is 6.35. The van der Waals surface area contributed by atoms with E-state index in [1.54, 1.807) is 51.2 Å². The molecule has 0 aliphatic carbocycles. The lowest BCUT2D eigenvalue weighted by Gasteiger charge is -2.15. The Hall–Kier alpha value is -2.37. The molecule has 144 valence electrons. The molecule has 0 saturated heterocycles. The van der Waals surface area contributed by atoms with Crippen LogP contribution in [0.3, 0.4) is 0 Å². The van der Waals surface area contributed by atoms with Gasteiger partial charge in [-0.3, -0.25) is 4.79 Å². The second-order valence-corrected chi connectivity index (χ2v) is 7.09. The van der Waals surface area contributed by atoms with Crippen LogP contribution >= 0.6 is 11.6 Å². The van der Waals surface area contributed by atoms with Crippen molar-refractivity contribution in [3.63, 3.8) is 0 Å². The van der Waals surface area contributed by atoms with Crippen molar-refractivity contribution in [1.82, 2.24) is 5.32 Å². The van der Waals surface area contributed by atoms with Gasteiger partial charge in [0.2, 0.25) is 0 Å². The first-order valence-corrected chi connectivity index (χ1v) is 9.18. The van der Waals surface area contributed by atoms with Crippen molar-refractivity contribution >= 4 is 23.5 Å². The molecule has 0 saturated carbocycles. The Balaban J connectivity index is 2.33. The normalized spacial score (nSPS) is 11.9. The largest absolute Gasteiger partial charge is 0.422 e. The van der Waals surface area contributed by atoms with Crippen LogP contribution < -0.4 is 14.8 Å². The summed E-state index contributed by atoms with van der Waals surface area (Å²) in [7, 11) is 1.80. The van der Waals surface area contributed by atoms with Gasteiger partial charge in [-0.05, 0) is 43.8 Å². The van der Waals surface area contributed by atoms with Gasteiger partial charge in [0, 0.05) is 6.54 Å². The first-order chi connectivity index (χ1) is 12.8. The van der Waals surface area contributed by atoms with Crippen LogP contribution in [0.4, 0.5) is 0 Å². The number of nitrogens with one attached hydrogen (secondary N) is 1. The maximum atomic E-state index is 12.5. The molecule has 2 aromatic carbocycles. The standard InChI is InChI=1S/C21H24ClNO4/c1-13(2)20(24)26-18-10-9-16(17(22)12-23-4)11-19(18)27-21(25)15-7-5-14(3)6-8-15/h5-11,13,17,23H,12H2,1-4H3. The fourth-order valence-electron chi connectivity index (χ4n) is 2.26. The van der Waals surface area contributed by atoms with Crippen molar-refractivity contribution in [2.75, 3.05) is 13.6 Å². The second-order valence-electron chi connectivity index (χ2n) is 6.56. The number of rotatable bonds is 7. The van der Waals surface area contributed by atoms with Gasteiger partial charge in [-0.25, -0.2) is 4.79 Å². The molecule has 0 aliphatic rings. The van der Waals surface area contributed by atoms with Crippen molar-refractivity contribution in [2.24, 2.45) is 5.92 Å². The van der Waals surface area contributed by atoms with Gasteiger partial charge in [0.25, 0.3) is 0 Å². The van der Waals surface area contributed by atoms with Crippen molar-refractivity contribution in [3.05, 3.63) is 59.2 Å². The number of ether oxygens (including phenoxy) is 2. The molecular weight excluding hydrogens is 366 g/mol. The molecule has 0 aliphatic heterocycles. The molecule has 0 aromatic heterocycles. The zero-order valence-corrected chi connectivity index (χ0v) is 16.7. The number of hydrogen-bond donors (Lipinski definition) is 1. The smallest absolute Gasteiger partial charge is 0.343 e. The summed E-state index contributed by atoms with van der Waals surface area (Å²) in [5, 5.41) is 2.68. The summed E-state index contributed by atoms with van der Waals surface area (Å²) in [6, 6.07) is 12.0. The summed E-state index contributed by atoms with van der Waals surface area (Å²) in [5.41, 5.74) is 2.20. The highest BCUT2D eigenvalue weighted by Gasteiger charge is 2.19. The number of likely N-dealkylation sites (N-methyl/N-ethyl adjacent to an activating group) is 1. The number of hydrogen-bond acceptors (Lipinski definition) is 5. The molecule has 27 heavy (non-hydrogen) atoms. The minimum absolute atomic E-state index is 0.161. The van der Waals surface area contributed by atoms with E-state index in [0.29, 0.717) is 12.1 Å². The van der Waals surface area contributed by atoms with Crippen LogP contribution in [0.15, 0.2) is 42.5 Å². The van der Waals surface area contributed by atoms with Crippen molar-refractivity contribution in [3.8, 4) is 11.5 Å². The Morgan fingerprint density at radius 3 is 2.30 bits per heavy atom. The predicted molar refractivity (Wildman–Crippen MR) is 106 cm³/mol. The van der Waals surface area contributed by atoms with E-state index >= 15 is 0 Å². The van der Waals surface area contributed by atoms with Crippen LogP contribution in [-0.4, -0.2) is 25.5 Å². The van der Waals surface area contributed by atoms with E-state index in [-0.39, 0.29) is 22.8 Å². The molecule has 5 nitrogen and oxygen atoms in total. The third-order valence-corrected chi connectivity index (χ3v) is 4.29. The van der Waals surface area contributed by atoms with Crippen LogP contribution in [0.2, 0.25) is 0 Å². The van der Waals surface area contributed by atoms with E-state index in [1.807, 2.05) is 19.1 Å². The SMILES string of the molecule is CNCC(Cl)c1ccc(OC(=O)C(C)C)c(OC(=O)c2ccc(C)cc2)c1. The lowest BCUT2D eigenvalue weighted by molar-refractivity contribution is -0.137. The second kappa shape index (κ2) is 9.53. The number of alkyl halides is 1. The Morgan fingerprint density at radius 1 is 1.04 bits per heavy atom. The third-order valence-electron chi connectivity index (χ3n) is 3.88. The number of aryl methyl sites for hydroxylation is 1. The van der Waals surface area contributed by atoms with Gasteiger partial charge >= 0.3 is 11.9 Å². The Bertz CT molecular complexity index is 802. The third kappa shape index (κ3) is 5.81. The highest BCUT2D eigenvalue weighted by atomic mass is 35.5. The first kappa shape index (κ1) is 20.9. The van der Waals surface area contributed by atoms with E-state index < -0.39 is 11.9 Å². The Morgan fingerprint density at radius 2 is 1.70 bits per heavy atom. The summed E-state index contributed by atoms with van der Waals surface area (Å²) in [4.78, 5) is 24.5. The van der Waals surface area contributed by atoms with Gasteiger partial charge in [0.05, 0.1) is 16.9 Å². The van der Waals surface area contributed by atoms with Gasteiger partial charge < -0.3 is 14.8 Å². The quantitative estimate of drug-likeness (QED) is 0.435. The van der Waals surface area contributed by atoms with Crippen molar-refractivity contribution in [2.45, 2.75) is 26.1 Å². The molecule has 2 rings (SSSR count). The van der Waals surface area contributed by atoms with Gasteiger partial charge in [-0.2, -0.15) is 0 Å². The number of benzene rings is 2. The predicted octanol–water partition coefficient (Wildman–Crippen LogP) is 4.27. The van der Waals surface area contributed by atoms with Gasteiger partial charge in [-0.1, -0.05) is 37.6 Å². The molecule has 0 fully saturated rings. The molecule has 0 amide bonds. The number of halogens is 1. The van der Waals surface area contributed by atoms with Crippen molar-refractivity contribution < 1.29 is 19.1 Å². The van der Waals surface area contributed by atoms with Crippen LogP contribution in [0.25, 0.3) is 0 Å². The van der Waals surface area contributed by atoms with Crippen molar-refractivity contribution in [1.29, 1.82) is 0 Å². The molecule has 0 spiro atoms. The van der Waals surface area contributed by atoms with Gasteiger partial charge in [-0.15, -0.1) is 11.6 Å². The Labute approximate surface area is 164 Å². The number of carbonyl (C=O) groups excluding carboxylic acids is 2. The topological polar surface area (TPSA) is 64.6 Å². The summed E-state index contributed by atoms with van der Waals surface area (Å²) in [6.07, 6.45) is 0. The van der Waals surface area contributed by atoms with Gasteiger partial charge in [0.15, 0.2) is 11.5 Å². The number of carbonyl (C=O) groups is 2. The highest BCUT2D eigenvalue weighted by Crippen LogP contribution is 2.33. The summed E-state index contributed by atoms with van der Waals surface area (Å²) < 4.78 is 10.9. The lowest BCUT2D eigenvalue weighted by Crippen LogP contribution is -2.17. The molecule has 0 bridgehead atoms. The van der Waals surface area contributed by atoms with Crippen LogP contribution in [0.1, 0.15) is 40.7 Å². The average Bonchev–Trinajstić information content (AvgIpc) is 2.63. The maximum Gasteiger partial charge on any atom is 0.343 e. The maximum absolute atomic E-state index is 12.5. The minimum Gasteiger partial charge on any atom is -0.422 e. The monoisotopic (exact) mass is 389 g/mol. The van der Waals surface area contributed by atoms with Gasteiger partial charge in [0.1, 0.15) is 0 Å². The molecule has 2 aromatic rings. The molecular formula is C21H24ClNO4. The zero-order chi connectivity index (χ0) is 20.0. The minimum atomic E-state index is -0.534. The number of esters is 2. The molecule has 0 heterocycles. The van der Waals surface area contributed by atoms with Crippen LogP contribution in [0.5, 0.6) is 11.5 Å². The van der Waals surface area contributed by atoms with E-state index in [9.17, 15) is 9.59 Å².